The molecule has 202 valence electrons. The lowest BCUT2D eigenvalue weighted by atomic mass is 9.78. The molecule has 6 nitrogen and oxygen atoms in total. The summed E-state index contributed by atoms with van der Waals surface area (Å²) in [4.78, 5) is 30.1. The first-order valence-electron chi connectivity index (χ1n) is 13.1. The second-order valence-corrected chi connectivity index (χ2v) is 10.8. The lowest BCUT2D eigenvalue weighted by Crippen LogP contribution is -2.49. The molecule has 1 heterocycles. The van der Waals surface area contributed by atoms with Crippen molar-refractivity contribution in [3.63, 3.8) is 0 Å². The zero-order valence-electron chi connectivity index (χ0n) is 21.5. The van der Waals surface area contributed by atoms with E-state index in [4.69, 9.17) is 23.8 Å². The van der Waals surface area contributed by atoms with E-state index in [9.17, 15) is 14.0 Å². The fourth-order valence-corrected chi connectivity index (χ4v) is 5.97. The Bertz CT molecular complexity index is 1370. The van der Waals surface area contributed by atoms with E-state index in [0.29, 0.717) is 36.9 Å². The first kappa shape index (κ1) is 27.1. The smallest absolute Gasteiger partial charge is 0.256 e. The Morgan fingerprint density at radius 1 is 0.897 bits per heavy atom. The molecule has 0 aromatic heterocycles. The molecule has 1 saturated carbocycles. The number of nitrogens with one attached hydrogen (secondary N) is 2. The van der Waals surface area contributed by atoms with Crippen LogP contribution in [0, 0.1) is 5.82 Å². The monoisotopic (exact) mass is 564 g/mol. The molecule has 0 spiro atoms. The molecule has 2 fully saturated rings. The van der Waals surface area contributed by atoms with Gasteiger partial charge in [-0.3, -0.25) is 9.59 Å². The summed E-state index contributed by atoms with van der Waals surface area (Å²) in [6.07, 6.45) is 3.55. The van der Waals surface area contributed by atoms with Crippen LogP contribution in [-0.4, -0.2) is 48.0 Å². The molecule has 0 unspecified atom stereocenters. The first-order valence-corrected chi connectivity index (χ1v) is 13.9. The molecule has 2 aliphatic rings. The lowest BCUT2D eigenvalue weighted by Gasteiger charge is -2.37. The van der Waals surface area contributed by atoms with E-state index in [1.807, 2.05) is 36.4 Å². The van der Waals surface area contributed by atoms with Gasteiger partial charge in [-0.1, -0.05) is 66.9 Å². The van der Waals surface area contributed by atoms with E-state index in [0.717, 1.165) is 36.9 Å². The Labute approximate surface area is 238 Å². The van der Waals surface area contributed by atoms with Gasteiger partial charge in [0.2, 0.25) is 5.91 Å². The second-order valence-electron chi connectivity index (χ2n) is 9.98. The van der Waals surface area contributed by atoms with E-state index < -0.39 is 11.2 Å². The van der Waals surface area contributed by atoms with Crippen molar-refractivity contribution in [3.8, 4) is 0 Å². The fraction of sp³-hybridized carbons (Fsp3) is 0.300. The second kappa shape index (κ2) is 11.7. The highest BCUT2D eigenvalue weighted by Gasteiger charge is 2.43. The van der Waals surface area contributed by atoms with Crippen molar-refractivity contribution in [2.75, 3.05) is 36.4 Å². The zero-order chi connectivity index (χ0) is 27.4. The third-order valence-electron chi connectivity index (χ3n) is 7.66. The highest BCUT2D eigenvalue weighted by Crippen LogP contribution is 2.41. The number of benzene rings is 3. The van der Waals surface area contributed by atoms with Crippen LogP contribution in [-0.2, 0) is 10.2 Å². The molecule has 2 amide bonds. The van der Waals surface area contributed by atoms with Gasteiger partial charge in [-0.15, -0.1) is 0 Å². The average Bonchev–Trinajstić information content (AvgIpc) is 3.45. The number of hydrogen-bond acceptors (Lipinski definition) is 4. The number of thiocarbonyl (C=S) groups is 1. The third kappa shape index (κ3) is 5.77. The largest absolute Gasteiger partial charge is 0.366 e. The summed E-state index contributed by atoms with van der Waals surface area (Å²) in [6, 6.07) is 21.4. The van der Waals surface area contributed by atoms with Crippen molar-refractivity contribution in [2.45, 2.75) is 31.1 Å². The average molecular weight is 565 g/mol. The van der Waals surface area contributed by atoms with E-state index in [-0.39, 0.29) is 22.5 Å². The van der Waals surface area contributed by atoms with Gasteiger partial charge in [0.05, 0.1) is 22.4 Å². The number of piperazine rings is 1. The maximum atomic E-state index is 14.1. The molecule has 2 N–H and O–H groups in total. The molecule has 0 bridgehead atoms. The standard InChI is InChI=1S/C30H30ClFN4O2S/c31-22-12-13-26(35-16-18-36(19-17-35)27(37)23-10-4-5-11-24(23)32)25(20-22)33-29(39)34-28(38)30(14-6-7-15-30)21-8-2-1-3-9-21/h1-5,8-13,20H,6-7,14-19H2,(H2,33,34,38,39). The Balaban J connectivity index is 1.26. The number of carbonyl (C=O) groups is 2. The maximum absolute atomic E-state index is 14.1. The minimum absolute atomic E-state index is 0.0800. The van der Waals surface area contributed by atoms with Crippen molar-refractivity contribution in [3.05, 3.63) is 94.8 Å². The number of hydrogen-bond donors (Lipinski definition) is 2. The molecule has 1 saturated heterocycles. The molecule has 1 aliphatic heterocycles. The quantitative estimate of drug-likeness (QED) is 0.385. The van der Waals surface area contributed by atoms with Gasteiger partial charge in [-0.05, 0) is 61.0 Å². The van der Waals surface area contributed by atoms with Crippen LogP contribution in [0.5, 0.6) is 0 Å². The molecular formula is C30H30ClFN4O2S. The molecular weight excluding hydrogens is 535 g/mol. The van der Waals surface area contributed by atoms with Gasteiger partial charge in [0.15, 0.2) is 5.11 Å². The van der Waals surface area contributed by atoms with Crippen molar-refractivity contribution in [2.24, 2.45) is 0 Å². The van der Waals surface area contributed by atoms with E-state index >= 15 is 0 Å². The molecule has 0 atom stereocenters. The Morgan fingerprint density at radius 3 is 2.26 bits per heavy atom. The molecule has 3 aromatic rings. The predicted octanol–water partition coefficient (Wildman–Crippen LogP) is 5.77. The lowest BCUT2D eigenvalue weighted by molar-refractivity contribution is -0.125. The van der Waals surface area contributed by atoms with E-state index in [1.165, 1.54) is 12.1 Å². The van der Waals surface area contributed by atoms with Crippen molar-refractivity contribution >= 4 is 52.1 Å². The molecule has 39 heavy (non-hydrogen) atoms. The van der Waals surface area contributed by atoms with Crippen molar-refractivity contribution in [1.29, 1.82) is 0 Å². The van der Waals surface area contributed by atoms with E-state index in [2.05, 4.69) is 15.5 Å². The summed E-state index contributed by atoms with van der Waals surface area (Å²) in [6.45, 7) is 1.98. The van der Waals surface area contributed by atoms with Crippen LogP contribution in [0.2, 0.25) is 5.02 Å². The van der Waals surface area contributed by atoms with Gasteiger partial charge in [-0.25, -0.2) is 4.39 Å². The molecule has 5 rings (SSSR count). The van der Waals surface area contributed by atoms with Crippen LogP contribution in [0.25, 0.3) is 0 Å². The summed E-state index contributed by atoms with van der Waals surface area (Å²) in [5.74, 6) is -0.936. The van der Waals surface area contributed by atoms with Crippen LogP contribution in [0.15, 0.2) is 72.8 Å². The predicted molar refractivity (Wildman–Crippen MR) is 157 cm³/mol. The minimum Gasteiger partial charge on any atom is -0.366 e. The number of halogens is 2. The molecule has 1 aliphatic carbocycles. The van der Waals surface area contributed by atoms with Gasteiger partial charge in [0.1, 0.15) is 5.82 Å². The summed E-state index contributed by atoms with van der Waals surface area (Å²) in [5, 5.41) is 6.85. The summed E-state index contributed by atoms with van der Waals surface area (Å²) in [5.41, 5.74) is 2.02. The number of anilines is 2. The normalized spacial score (nSPS) is 16.6. The van der Waals surface area contributed by atoms with Gasteiger partial charge in [-0.2, -0.15) is 0 Å². The Hall–Kier alpha value is -3.49. The van der Waals surface area contributed by atoms with Gasteiger partial charge in [0, 0.05) is 31.2 Å². The van der Waals surface area contributed by atoms with Crippen LogP contribution in [0.3, 0.4) is 0 Å². The maximum Gasteiger partial charge on any atom is 0.256 e. The number of rotatable bonds is 5. The summed E-state index contributed by atoms with van der Waals surface area (Å²) < 4.78 is 14.1. The van der Waals surface area contributed by atoms with Crippen molar-refractivity contribution < 1.29 is 14.0 Å². The van der Waals surface area contributed by atoms with E-state index in [1.54, 1.807) is 29.2 Å². The molecule has 0 radical (unpaired) electrons. The zero-order valence-corrected chi connectivity index (χ0v) is 23.0. The van der Waals surface area contributed by atoms with Gasteiger partial charge in [0.25, 0.3) is 5.91 Å². The van der Waals surface area contributed by atoms with Gasteiger partial charge < -0.3 is 20.4 Å². The summed E-state index contributed by atoms with van der Waals surface area (Å²) >= 11 is 11.9. The Kier molecular flexibility index (Phi) is 8.14. The summed E-state index contributed by atoms with van der Waals surface area (Å²) in [7, 11) is 0. The highest BCUT2D eigenvalue weighted by molar-refractivity contribution is 7.80. The first-order chi connectivity index (χ1) is 18.9. The minimum atomic E-state index is -0.592. The SMILES string of the molecule is O=C(c1ccccc1F)N1CCN(c2ccc(Cl)cc2NC(=S)NC(=O)C2(c3ccccc3)CCCC2)CC1. The topological polar surface area (TPSA) is 64.7 Å². The Morgan fingerprint density at radius 2 is 1.56 bits per heavy atom. The fourth-order valence-electron chi connectivity index (χ4n) is 5.60. The van der Waals surface area contributed by atoms with Crippen molar-refractivity contribution in [1.82, 2.24) is 10.2 Å². The van der Waals surface area contributed by atoms with Gasteiger partial charge >= 0.3 is 0 Å². The van der Waals surface area contributed by atoms with Crippen LogP contribution >= 0.6 is 23.8 Å². The number of nitrogens with zero attached hydrogens (tertiary/aromatic N) is 2. The highest BCUT2D eigenvalue weighted by atomic mass is 35.5. The molecule has 9 heteroatoms. The van der Waals surface area contributed by atoms with Crippen LogP contribution in [0.1, 0.15) is 41.6 Å². The van der Waals surface area contributed by atoms with Crippen LogP contribution in [0.4, 0.5) is 15.8 Å². The number of amides is 2. The third-order valence-corrected chi connectivity index (χ3v) is 8.10. The number of carbonyl (C=O) groups excluding carboxylic acids is 2. The van der Waals surface area contributed by atoms with Crippen LogP contribution < -0.4 is 15.5 Å². The molecule has 3 aromatic carbocycles.